The van der Waals surface area contributed by atoms with Crippen LogP contribution in [0.25, 0.3) is 0 Å². The number of hydrogen-bond donors (Lipinski definition) is 2. The van der Waals surface area contributed by atoms with Gasteiger partial charge < -0.3 is 29.7 Å². The number of guanidine groups is 1. The molecule has 0 radical (unpaired) electrons. The van der Waals surface area contributed by atoms with Crippen molar-refractivity contribution in [3.05, 3.63) is 54.1 Å². The number of aliphatic imine (C=N–C) groups is 1. The van der Waals surface area contributed by atoms with E-state index in [4.69, 9.17) is 14.2 Å². The minimum Gasteiger partial charge on any atom is -0.496 e. The highest BCUT2D eigenvalue weighted by Crippen LogP contribution is 2.28. The monoisotopic (exact) mass is 414 g/mol. The lowest BCUT2D eigenvalue weighted by atomic mass is 10.0. The normalized spacial score (nSPS) is 13.5. The van der Waals surface area contributed by atoms with Crippen LogP contribution < -0.4 is 24.8 Å². The molecule has 0 spiro atoms. The topological polar surface area (TPSA) is 67.4 Å². The van der Waals surface area contributed by atoms with Crippen molar-refractivity contribution in [2.75, 3.05) is 48.5 Å². The molecule has 7 nitrogen and oxygen atoms in total. The van der Waals surface area contributed by atoms with Crippen LogP contribution in [0.3, 0.4) is 0 Å². The average molecular weight is 415 g/mol. The Labute approximate surface area is 180 Å². The van der Waals surface area contributed by atoms with E-state index in [9.17, 15) is 0 Å². The smallest absolute Gasteiger partial charge is 0.191 e. The van der Waals surface area contributed by atoms with Crippen LogP contribution in [0.5, 0.6) is 17.2 Å². The Morgan fingerprint density at radius 2 is 1.47 bits per heavy atom. The molecule has 0 aliphatic carbocycles. The van der Waals surface area contributed by atoms with Gasteiger partial charge in [0.05, 0.1) is 26.8 Å². The number of ether oxygens (including phenoxy) is 3. The maximum absolute atomic E-state index is 6.00. The summed E-state index contributed by atoms with van der Waals surface area (Å²) in [5, 5.41) is 6.73. The molecule has 164 valence electrons. The first kappa shape index (κ1) is 23.3. The van der Waals surface area contributed by atoms with Crippen molar-refractivity contribution in [3.8, 4) is 17.2 Å². The molecule has 0 aliphatic heterocycles. The molecule has 0 aromatic heterocycles. The summed E-state index contributed by atoms with van der Waals surface area (Å²) >= 11 is 0. The third kappa shape index (κ3) is 6.56. The van der Waals surface area contributed by atoms with Gasteiger partial charge in [0.15, 0.2) is 17.5 Å². The summed E-state index contributed by atoms with van der Waals surface area (Å²) in [6.45, 7) is 3.28. The predicted molar refractivity (Wildman–Crippen MR) is 122 cm³/mol. The highest BCUT2D eigenvalue weighted by Gasteiger charge is 2.18. The molecule has 0 aliphatic rings. The molecule has 2 aromatic rings. The van der Waals surface area contributed by atoms with Gasteiger partial charge in [0.25, 0.3) is 0 Å². The number of para-hydroxylation sites is 3. The van der Waals surface area contributed by atoms with E-state index in [-0.39, 0.29) is 12.1 Å². The van der Waals surface area contributed by atoms with E-state index in [0.717, 1.165) is 22.8 Å². The quantitative estimate of drug-likeness (QED) is 0.460. The molecule has 2 aromatic carbocycles. The van der Waals surface area contributed by atoms with E-state index < -0.39 is 0 Å². The Bertz CT molecular complexity index is 811. The molecule has 30 heavy (non-hydrogen) atoms. The van der Waals surface area contributed by atoms with Crippen molar-refractivity contribution in [2.24, 2.45) is 4.99 Å². The number of nitrogens with one attached hydrogen (secondary N) is 2. The minimum absolute atomic E-state index is 0.0706. The molecule has 0 amide bonds. The third-order valence-electron chi connectivity index (χ3n) is 4.76. The Hall–Kier alpha value is -2.93. The van der Waals surface area contributed by atoms with Crippen LogP contribution in [-0.2, 0) is 0 Å². The lowest BCUT2D eigenvalue weighted by molar-refractivity contribution is 0.213. The number of rotatable bonds is 10. The average Bonchev–Trinajstić information content (AvgIpc) is 2.76. The summed E-state index contributed by atoms with van der Waals surface area (Å²) in [6, 6.07) is 15.8. The molecule has 2 N–H and O–H groups in total. The first-order valence-corrected chi connectivity index (χ1v) is 10.0. The molecule has 2 unspecified atom stereocenters. The second kappa shape index (κ2) is 11.9. The number of benzene rings is 2. The molecular formula is C23H34N4O3. The van der Waals surface area contributed by atoms with Crippen LogP contribution >= 0.6 is 0 Å². The Balaban J connectivity index is 1.93. The molecule has 2 rings (SSSR count). The molecule has 0 saturated heterocycles. The zero-order chi connectivity index (χ0) is 21.9. The van der Waals surface area contributed by atoms with Crippen LogP contribution in [0.4, 0.5) is 0 Å². The maximum Gasteiger partial charge on any atom is 0.191 e. The van der Waals surface area contributed by atoms with Gasteiger partial charge in [-0.2, -0.15) is 0 Å². The van der Waals surface area contributed by atoms with E-state index in [1.54, 1.807) is 21.3 Å². The van der Waals surface area contributed by atoms with Gasteiger partial charge in [-0.3, -0.25) is 4.99 Å². The van der Waals surface area contributed by atoms with E-state index in [2.05, 4.69) is 40.7 Å². The summed E-state index contributed by atoms with van der Waals surface area (Å²) in [7, 11) is 9.20. The van der Waals surface area contributed by atoms with Gasteiger partial charge in [0.1, 0.15) is 11.9 Å². The Kier molecular flexibility index (Phi) is 9.28. The van der Waals surface area contributed by atoms with Crippen molar-refractivity contribution >= 4 is 5.96 Å². The first-order chi connectivity index (χ1) is 14.5. The lowest BCUT2D eigenvalue weighted by Gasteiger charge is -2.27. The standard InChI is InChI=1S/C23H34N4O3/c1-17(30-22-14-10-9-13-21(22)29-6)15-25-23(24-2)26-16-19(27(3)4)18-11-7-8-12-20(18)28-5/h7-14,17,19H,15-16H2,1-6H3,(H2,24,25,26). The van der Waals surface area contributed by atoms with Crippen molar-refractivity contribution in [1.29, 1.82) is 0 Å². The van der Waals surface area contributed by atoms with Crippen molar-refractivity contribution in [2.45, 2.75) is 19.1 Å². The second-order valence-corrected chi connectivity index (χ2v) is 7.13. The summed E-state index contributed by atoms with van der Waals surface area (Å²) < 4.78 is 16.9. The van der Waals surface area contributed by atoms with Crippen LogP contribution in [0.15, 0.2) is 53.5 Å². The van der Waals surface area contributed by atoms with E-state index >= 15 is 0 Å². The van der Waals surface area contributed by atoms with Gasteiger partial charge in [-0.1, -0.05) is 30.3 Å². The van der Waals surface area contributed by atoms with Gasteiger partial charge in [0, 0.05) is 19.2 Å². The van der Waals surface area contributed by atoms with E-state index in [1.807, 2.05) is 49.4 Å². The molecule has 2 atom stereocenters. The van der Waals surface area contributed by atoms with Gasteiger partial charge in [-0.15, -0.1) is 0 Å². The highest BCUT2D eigenvalue weighted by atomic mass is 16.5. The Morgan fingerprint density at radius 3 is 2.07 bits per heavy atom. The fourth-order valence-corrected chi connectivity index (χ4v) is 3.14. The fourth-order valence-electron chi connectivity index (χ4n) is 3.14. The summed E-state index contributed by atoms with van der Waals surface area (Å²) in [5.74, 6) is 3.03. The van der Waals surface area contributed by atoms with Gasteiger partial charge in [-0.25, -0.2) is 0 Å². The summed E-state index contributed by atoms with van der Waals surface area (Å²) in [5.41, 5.74) is 1.13. The van der Waals surface area contributed by atoms with Crippen LogP contribution in [0.2, 0.25) is 0 Å². The number of methoxy groups -OCH3 is 2. The second-order valence-electron chi connectivity index (χ2n) is 7.13. The minimum atomic E-state index is -0.0706. The van der Waals surface area contributed by atoms with Crippen molar-refractivity contribution < 1.29 is 14.2 Å². The summed E-state index contributed by atoms with van der Waals surface area (Å²) in [4.78, 5) is 6.49. The van der Waals surface area contributed by atoms with E-state index in [1.165, 1.54) is 0 Å². The van der Waals surface area contributed by atoms with Crippen LogP contribution in [0, 0.1) is 0 Å². The number of hydrogen-bond acceptors (Lipinski definition) is 5. The van der Waals surface area contributed by atoms with Crippen LogP contribution in [0.1, 0.15) is 18.5 Å². The summed E-state index contributed by atoms with van der Waals surface area (Å²) in [6.07, 6.45) is -0.0706. The molecular weight excluding hydrogens is 380 g/mol. The lowest BCUT2D eigenvalue weighted by Crippen LogP contribution is -2.44. The third-order valence-corrected chi connectivity index (χ3v) is 4.76. The van der Waals surface area contributed by atoms with Gasteiger partial charge in [0.2, 0.25) is 0 Å². The SMILES string of the molecule is CN=C(NCC(C)Oc1ccccc1OC)NCC(c1ccccc1OC)N(C)C. The zero-order valence-electron chi connectivity index (χ0n) is 18.8. The first-order valence-electron chi connectivity index (χ1n) is 10.0. The number of nitrogens with zero attached hydrogens (tertiary/aromatic N) is 2. The van der Waals surface area contributed by atoms with Crippen molar-refractivity contribution in [3.63, 3.8) is 0 Å². The van der Waals surface area contributed by atoms with Gasteiger partial charge >= 0.3 is 0 Å². The fraction of sp³-hybridized carbons (Fsp3) is 0.435. The van der Waals surface area contributed by atoms with Crippen LogP contribution in [-0.4, -0.2) is 65.4 Å². The number of likely N-dealkylation sites (N-methyl/N-ethyl adjacent to an activating group) is 1. The molecule has 0 heterocycles. The largest absolute Gasteiger partial charge is 0.496 e. The Morgan fingerprint density at radius 1 is 0.900 bits per heavy atom. The highest BCUT2D eigenvalue weighted by molar-refractivity contribution is 5.79. The van der Waals surface area contributed by atoms with Crippen molar-refractivity contribution in [1.82, 2.24) is 15.5 Å². The molecule has 0 bridgehead atoms. The maximum atomic E-state index is 6.00. The van der Waals surface area contributed by atoms with E-state index in [0.29, 0.717) is 19.0 Å². The molecule has 0 fully saturated rings. The molecule has 0 saturated carbocycles. The predicted octanol–water partition coefficient (Wildman–Crippen LogP) is 2.94. The molecule has 7 heteroatoms. The van der Waals surface area contributed by atoms with Gasteiger partial charge in [-0.05, 0) is 39.2 Å². The zero-order valence-corrected chi connectivity index (χ0v) is 18.8.